The van der Waals surface area contributed by atoms with E-state index in [0.29, 0.717) is 0 Å². The molecule has 0 aromatic rings. The van der Waals surface area contributed by atoms with Crippen LogP contribution in [0.3, 0.4) is 0 Å². The van der Waals surface area contributed by atoms with Gasteiger partial charge >= 0.3 is 10.4 Å². The van der Waals surface area contributed by atoms with Crippen molar-refractivity contribution in [1.29, 1.82) is 0 Å². The Balaban J connectivity index is 3.65. The summed E-state index contributed by atoms with van der Waals surface area (Å²) < 4.78 is 30.0. The van der Waals surface area contributed by atoms with Gasteiger partial charge < -0.3 is 3.87 Å². The van der Waals surface area contributed by atoms with Gasteiger partial charge in [-0.3, -0.25) is 0 Å². The summed E-state index contributed by atoms with van der Waals surface area (Å²) in [7, 11) is -4.55. The van der Waals surface area contributed by atoms with Gasteiger partial charge in [-0.15, -0.1) is 0 Å². The maximum Gasteiger partial charge on any atom is 0.389 e. The molecule has 4 nitrogen and oxygen atoms in total. The Morgan fingerprint density at radius 1 is 1.40 bits per heavy atom. The van der Waals surface area contributed by atoms with Crippen molar-refractivity contribution in [1.82, 2.24) is 0 Å². The van der Waals surface area contributed by atoms with Gasteiger partial charge in [0.1, 0.15) is 0 Å². The molecule has 0 aliphatic rings. The molecule has 0 spiro atoms. The van der Waals surface area contributed by atoms with Crippen LogP contribution in [-0.2, 0) is 18.5 Å². The zero-order valence-corrected chi connectivity index (χ0v) is 8.39. The summed E-state index contributed by atoms with van der Waals surface area (Å²) in [5.74, 6) is 0. The molecular weight excluding hydrogens is 172 g/mol. The largest absolute Gasteiger partial charge is 0.389 e. The van der Waals surface area contributed by atoms with Gasteiger partial charge in [0.25, 0.3) is 0 Å². The van der Waals surface area contributed by atoms with Crippen molar-refractivity contribution in [3.63, 3.8) is 0 Å². The fourth-order valence-electron chi connectivity index (χ4n) is 0.364. The summed E-state index contributed by atoms with van der Waals surface area (Å²) in [6.07, 6.45) is 0. The first-order valence-electron chi connectivity index (χ1n) is 3.16. The van der Waals surface area contributed by atoms with Crippen LogP contribution in [0, 0.1) is 0 Å². The summed E-state index contributed by atoms with van der Waals surface area (Å²) in [6, 6.07) is 0.798. The average molecular weight is 184 g/mol. The van der Waals surface area contributed by atoms with Crippen molar-refractivity contribution in [2.75, 3.05) is 6.61 Å². The highest BCUT2D eigenvalue weighted by molar-refractivity contribution is 7.82. The minimum atomic E-state index is -3.63. The summed E-state index contributed by atoms with van der Waals surface area (Å²) in [6.45, 7) is 3.63. The van der Waals surface area contributed by atoms with Gasteiger partial charge in [0.15, 0.2) is 9.76 Å². The highest BCUT2D eigenvalue weighted by atomic mass is 32.3. The molecule has 0 aliphatic carbocycles. The van der Waals surface area contributed by atoms with E-state index in [9.17, 15) is 8.42 Å². The van der Waals surface area contributed by atoms with Crippen molar-refractivity contribution < 1.29 is 16.5 Å². The van der Waals surface area contributed by atoms with Crippen LogP contribution in [0.1, 0.15) is 13.8 Å². The molecule has 6 heteroatoms. The topological polar surface area (TPSA) is 52.6 Å². The molecule has 0 aromatic heterocycles. The van der Waals surface area contributed by atoms with Crippen LogP contribution in [0.25, 0.3) is 0 Å². The lowest BCUT2D eigenvalue weighted by Gasteiger charge is -2.01. The molecule has 0 fully saturated rings. The van der Waals surface area contributed by atoms with E-state index in [1.165, 1.54) is 0 Å². The van der Waals surface area contributed by atoms with Crippen LogP contribution < -0.4 is 0 Å². The first-order valence-corrected chi connectivity index (χ1v) is 6.07. The van der Waals surface area contributed by atoms with Gasteiger partial charge in [-0.2, -0.15) is 8.42 Å². The van der Waals surface area contributed by atoms with Crippen LogP contribution >= 0.6 is 0 Å². The van der Waals surface area contributed by atoms with Crippen molar-refractivity contribution in [2.45, 2.75) is 19.9 Å². The van der Waals surface area contributed by atoms with Gasteiger partial charge in [-0.05, 0) is 13.0 Å². The van der Waals surface area contributed by atoms with Gasteiger partial charge in [0.2, 0.25) is 0 Å². The third-order valence-electron chi connectivity index (χ3n) is 0.694. The first kappa shape index (κ1) is 10.1. The van der Waals surface area contributed by atoms with Gasteiger partial charge in [-0.1, -0.05) is 6.92 Å². The molecule has 0 aliphatic heterocycles. The zero-order valence-electron chi connectivity index (χ0n) is 6.16. The van der Waals surface area contributed by atoms with Gasteiger partial charge in [-0.25, -0.2) is 4.18 Å². The quantitative estimate of drug-likeness (QED) is 0.556. The standard InChI is InChI=1S/C4H12O4SSi/c1-3-7-9(5,6)8-10-4-2/h3-4,10H2,1-2H3. The summed E-state index contributed by atoms with van der Waals surface area (Å²) in [5.41, 5.74) is 0. The predicted octanol–water partition coefficient (Wildman–Crippen LogP) is -0.194. The molecule has 0 radical (unpaired) electrons. The highest BCUT2D eigenvalue weighted by Crippen LogP contribution is 1.94. The lowest BCUT2D eigenvalue weighted by atomic mass is 10.9. The SMILES string of the molecule is CCOS(=O)(=O)O[SiH2]CC. The zero-order chi connectivity index (χ0) is 8.04. The monoisotopic (exact) mass is 184 g/mol. The van der Waals surface area contributed by atoms with Crippen molar-refractivity contribution in [2.24, 2.45) is 0 Å². The van der Waals surface area contributed by atoms with Crippen LogP contribution in [0.2, 0.25) is 6.04 Å². The van der Waals surface area contributed by atoms with E-state index in [1.54, 1.807) is 6.92 Å². The second-order valence-corrected chi connectivity index (χ2v) is 5.04. The molecular formula is C4H12O4SSi. The molecule has 0 rings (SSSR count). The lowest BCUT2D eigenvalue weighted by molar-refractivity contribution is 0.291. The fourth-order valence-corrected chi connectivity index (χ4v) is 2.41. The average Bonchev–Trinajstić information content (AvgIpc) is 1.84. The second-order valence-electron chi connectivity index (χ2n) is 1.64. The predicted molar refractivity (Wildman–Crippen MR) is 40.7 cm³/mol. The van der Waals surface area contributed by atoms with Crippen LogP contribution in [0.15, 0.2) is 0 Å². The minimum absolute atomic E-state index is 0.139. The van der Waals surface area contributed by atoms with Crippen LogP contribution in [-0.4, -0.2) is 24.8 Å². The highest BCUT2D eigenvalue weighted by Gasteiger charge is 2.07. The fraction of sp³-hybridized carbons (Fsp3) is 1.00. The Hall–Kier alpha value is 0.0869. The maximum absolute atomic E-state index is 10.6. The Kier molecular flexibility index (Phi) is 4.88. The Labute approximate surface area is 63.8 Å². The molecule has 10 heavy (non-hydrogen) atoms. The Morgan fingerprint density at radius 2 is 2.00 bits per heavy atom. The van der Waals surface area contributed by atoms with Crippen LogP contribution in [0.4, 0.5) is 0 Å². The van der Waals surface area contributed by atoms with Crippen LogP contribution in [0.5, 0.6) is 0 Å². The number of rotatable bonds is 5. The Bertz CT molecular complexity index is 164. The molecule has 0 N–H and O–H groups in total. The maximum atomic E-state index is 10.6. The molecule has 0 saturated heterocycles. The summed E-state index contributed by atoms with van der Waals surface area (Å²) in [5, 5.41) is 0. The Morgan fingerprint density at radius 3 is 2.40 bits per heavy atom. The third-order valence-corrected chi connectivity index (χ3v) is 3.45. The molecule has 0 bridgehead atoms. The molecule has 0 aromatic carbocycles. The molecule has 62 valence electrons. The second kappa shape index (κ2) is 4.83. The van der Waals surface area contributed by atoms with E-state index in [-0.39, 0.29) is 6.61 Å². The minimum Gasteiger partial charge on any atom is -0.302 e. The van der Waals surface area contributed by atoms with E-state index < -0.39 is 20.2 Å². The molecule has 0 saturated carbocycles. The normalized spacial score (nSPS) is 13.0. The number of hydrogen-bond acceptors (Lipinski definition) is 4. The smallest absolute Gasteiger partial charge is 0.302 e. The van der Waals surface area contributed by atoms with Gasteiger partial charge in [0.05, 0.1) is 6.61 Å². The van der Waals surface area contributed by atoms with E-state index in [1.807, 2.05) is 6.92 Å². The lowest BCUT2D eigenvalue weighted by Crippen LogP contribution is -2.11. The first-order chi connectivity index (χ1) is 4.62. The molecule has 0 atom stereocenters. The van der Waals surface area contributed by atoms with E-state index in [0.717, 1.165) is 6.04 Å². The van der Waals surface area contributed by atoms with E-state index in [2.05, 4.69) is 8.06 Å². The molecule has 0 amide bonds. The van der Waals surface area contributed by atoms with E-state index >= 15 is 0 Å². The number of hydrogen-bond donors (Lipinski definition) is 0. The molecule has 0 unspecified atom stereocenters. The molecule has 0 heterocycles. The van der Waals surface area contributed by atoms with E-state index in [4.69, 9.17) is 0 Å². The van der Waals surface area contributed by atoms with Crippen molar-refractivity contribution in [3.05, 3.63) is 0 Å². The third kappa shape index (κ3) is 4.92. The van der Waals surface area contributed by atoms with Gasteiger partial charge in [0, 0.05) is 0 Å². The van der Waals surface area contributed by atoms with Crippen molar-refractivity contribution >= 4 is 20.2 Å². The van der Waals surface area contributed by atoms with Crippen molar-refractivity contribution in [3.8, 4) is 0 Å². The summed E-state index contributed by atoms with van der Waals surface area (Å²) in [4.78, 5) is 0. The summed E-state index contributed by atoms with van der Waals surface area (Å²) >= 11 is 0.